The van der Waals surface area contributed by atoms with E-state index in [2.05, 4.69) is 264 Å². The van der Waals surface area contributed by atoms with Crippen molar-refractivity contribution in [3.8, 4) is 22.5 Å². The van der Waals surface area contributed by atoms with E-state index in [1.54, 1.807) is 0 Å². The Morgan fingerprint density at radius 2 is 1.08 bits per heavy atom. The van der Waals surface area contributed by atoms with E-state index in [0.29, 0.717) is 11.8 Å². The van der Waals surface area contributed by atoms with Crippen molar-refractivity contribution in [2.45, 2.75) is 50.9 Å². The summed E-state index contributed by atoms with van der Waals surface area (Å²) < 4.78 is 5.03. The zero-order valence-corrected chi connectivity index (χ0v) is 41.2. The number of nitrogens with zero attached hydrogens (tertiary/aromatic N) is 2. The normalized spacial score (nSPS) is 15.7. The maximum absolute atomic E-state index is 3.17. The van der Waals surface area contributed by atoms with Gasteiger partial charge in [-0.2, -0.15) is 0 Å². The quantitative estimate of drug-likeness (QED) is 0.136. The van der Waals surface area contributed by atoms with Crippen LogP contribution in [0.5, 0.6) is 0 Å². The lowest BCUT2D eigenvalue weighted by Crippen LogP contribution is -2.20. The molecular formula is C69H59N3. The molecule has 11 aromatic rings. The second-order valence-corrected chi connectivity index (χ2v) is 19.5. The molecule has 0 amide bonds. The number of benzene rings is 9. The van der Waals surface area contributed by atoms with Gasteiger partial charge in [-0.1, -0.05) is 189 Å². The van der Waals surface area contributed by atoms with E-state index in [-0.39, 0.29) is 0 Å². The summed E-state index contributed by atoms with van der Waals surface area (Å²) >= 11 is 0. The number of hydrogen-bond donors (Lipinski definition) is 1. The van der Waals surface area contributed by atoms with E-state index in [0.717, 1.165) is 32.1 Å². The van der Waals surface area contributed by atoms with E-state index in [4.69, 9.17) is 0 Å². The molecule has 9 aromatic carbocycles. The molecule has 0 aliphatic heterocycles. The first-order valence-electron chi connectivity index (χ1n) is 25.8. The molecule has 13 rings (SSSR count). The second-order valence-electron chi connectivity index (χ2n) is 19.5. The maximum Gasteiger partial charge on any atom is 0.0541 e. The van der Waals surface area contributed by atoms with Crippen LogP contribution in [-0.2, 0) is 0 Å². The number of hydrogen-bond acceptors (Lipinski definition) is 1. The van der Waals surface area contributed by atoms with E-state index < -0.39 is 0 Å². The van der Waals surface area contributed by atoms with Crippen molar-refractivity contribution in [1.82, 2.24) is 9.13 Å². The molecule has 350 valence electrons. The minimum absolute atomic E-state index is 0.468. The third kappa shape index (κ3) is 8.56. The van der Waals surface area contributed by atoms with Gasteiger partial charge in [-0.15, -0.1) is 0 Å². The van der Waals surface area contributed by atoms with Crippen LogP contribution in [0.15, 0.2) is 237 Å². The molecule has 2 aliphatic carbocycles. The highest BCUT2D eigenvalue weighted by Gasteiger charge is 2.32. The molecule has 72 heavy (non-hydrogen) atoms. The summed E-state index contributed by atoms with van der Waals surface area (Å²) in [6, 6.07) is 74.0. The Morgan fingerprint density at radius 1 is 0.486 bits per heavy atom. The van der Waals surface area contributed by atoms with Gasteiger partial charge in [-0.05, 0) is 149 Å². The topological polar surface area (TPSA) is 21.9 Å². The summed E-state index contributed by atoms with van der Waals surface area (Å²) in [5.74, 6) is 1.02. The third-order valence-electron chi connectivity index (χ3n) is 15.1. The molecule has 2 aromatic heterocycles. The molecule has 1 fully saturated rings. The number of allylic oxidation sites excluding steroid dienone is 7. The van der Waals surface area contributed by atoms with Crippen LogP contribution in [-0.4, -0.2) is 16.2 Å². The Hall–Kier alpha value is -8.40. The van der Waals surface area contributed by atoms with Crippen molar-refractivity contribution in [2.24, 2.45) is 0 Å². The minimum atomic E-state index is 0.468. The predicted molar refractivity (Wildman–Crippen MR) is 310 cm³/mol. The number of fused-ring (bicyclic) bond motifs is 7. The molecule has 0 unspecified atom stereocenters. The Morgan fingerprint density at radius 3 is 1.75 bits per heavy atom. The van der Waals surface area contributed by atoms with Crippen molar-refractivity contribution in [2.75, 3.05) is 12.4 Å². The Kier molecular flexibility index (Phi) is 12.3. The summed E-state index contributed by atoms with van der Waals surface area (Å²) in [6.45, 7) is 2.17. The summed E-state index contributed by atoms with van der Waals surface area (Å²) in [4.78, 5) is 0. The fourth-order valence-corrected chi connectivity index (χ4v) is 11.3. The van der Waals surface area contributed by atoms with Crippen molar-refractivity contribution in [3.63, 3.8) is 0 Å². The minimum Gasteiger partial charge on any atom is -0.388 e. The fourth-order valence-electron chi connectivity index (χ4n) is 11.3. The van der Waals surface area contributed by atoms with Crippen molar-refractivity contribution < 1.29 is 0 Å². The summed E-state index contributed by atoms with van der Waals surface area (Å²) in [5, 5.41) is 10.9. The Balaban J connectivity index is 0.000000386. The van der Waals surface area contributed by atoms with Crippen LogP contribution in [0.4, 0.5) is 5.69 Å². The molecule has 0 atom stereocenters. The zero-order chi connectivity index (χ0) is 48.4. The van der Waals surface area contributed by atoms with E-state index in [1.807, 2.05) is 7.05 Å². The molecule has 1 saturated carbocycles. The third-order valence-corrected chi connectivity index (χ3v) is 15.1. The van der Waals surface area contributed by atoms with E-state index in [9.17, 15) is 0 Å². The van der Waals surface area contributed by atoms with Gasteiger partial charge in [-0.25, -0.2) is 0 Å². The van der Waals surface area contributed by atoms with Crippen LogP contribution in [0.3, 0.4) is 0 Å². The van der Waals surface area contributed by atoms with Gasteiger partial charge in [0.2, 0.25) is 0 Å². The van der Waals surface area contributed by atoms with Crippen LogP contribution < -0.4 is 5.32 Å². The van der Waals surface area contributed by atoms with Crippen molar-refractivity contribution >= 4 is 71.7 Å². The average molecular weight is 930 g/mol. The largest absolute Gasteiger partial charge is 0.388 e. The highest BCUT2D eigenvalue weighted by Crippen LogP contribution is 2.49. The van der Waals surface area contributed by atoms with Crippen LogP contribution >= 0.6 is 0 Å². The molecule has 3 nitrogen and oxygen atoms in total. The monoisotopic (exact) mass is 929 g/mol. The van der Waals surface area contributed by atoms with Crippen molar-refractivity contribution in [3.05, 3.63) is 259 Å². The number of aromatic nitrogens is 2. The van der Waals surface area contributed by atoms with Gasteiger partial charge in [0.05, 0.1) is 22.1 Å². The van der Waals surface area contributed by atoms with Gasteiger partial charge in [0, 0.05) is 51.0 Å². The number of para-hydroxylation sites is 2. The first-order valence-corrected chi connectivity index (χ1v) is 25.8. The second kappa shape index (κ2) is 19.8. The average Bonchev–Trinajstić information content (AvgIpc) is 3.95. The Bertz CT molecular complexity index is 3880. The molecular weight excluding hydrogens is 871 g/mol. The summed E-state index contributed by atoms with van der Waals surface area (Å²) in [5.41, 5.74) is 17.7. The van der Waals surface area contributed by atoms with Crippen molar-refractivity contribution in [1.29, 1.82) is 0 Å². The lowest BCUT2D eigenvalue weighted by Gasteiger charge is -2.36. The molecule has 3 heteroatoms. The highest BCUT2D eigenvalue weighted by atomic mass is 15.0. The van der Waals surface area contributed by atoms with E-state index >= 15 is 0 Å². The molecule has 0 radical (unpaired) electrons. The van der Waals surface area contributed by atoms with Crippen LogP contribution in [0.25, 0.3) is 88.5 Å². The predicted octanol–water partition coefficient (Wildman–Crippen LogP) is 18.8. The van der Waals surface area contributed by atoms with Crippen LogP contribution in [0, 0.1) is 0 Å². The molecule has 2 heterocycles. The molecule has 0 bridgehead atoms. The standard InChI is InChI=1S/C58H48N2.C11H11N/c1-2-3-4-7-16-40-25-27-43(28-26-40)46-33-47(34-46)48-35-49(59-55-23-14-12-21-51(55)53-37-44(29-31-57(53)59)41-17-8-5-9-18-41)39-50(36-48)60-56-24-15-13-22-52(56)54-38-45(30-32-58(54)60)42-19-10-6-11-20-42;1-12-11-8-4-6-9-5-2-3-7-10(9)11/h3-5,7-10,12-32,35-39,46-47H,2,6,11,33-34H2,1H3;2-8,12H,1H3/b4-3-,16-7-;. The van der Waals surface area contributed by atoms with Gasteiger partial charge in [-0.3, -0.25) is 0 Å². The summed E-state index contributed by atoms with van der Waals surface area (Å²) in [7, 11) is 1.95. The first kappa shape index (κ1) is 44.8. The van der Waals surface area contributed by atoms with Crippen LogP contribution in [0.2, 0.25) is 0 Å². The zero-order valence-electron chi connectivity index (χ0n) is 41.2. The number of anilines is 1. The smallest absolute Gasteiger partial charge is 0.0541 e. The van der Waals surface area contributed by atoms with Gasteiger partial charge in [0.25, 0.3) is 0 Å². The van der Waals surface area contributed by atoms with Gasteiger partial charge < -0.3 is 14.5 Å². The molecule has 2 aliphatic rings. The fraction of sp³-hybridized carbons (Fsp3) is 0.130. The Labute approximate surface area is 423 Å². The maximum atomic E-state index is 3.17. The molecule has 1 N–H and O–H groups in total. The van der Waals surface area contributed by atoms with E-state index in [1.165, 1.54) is 110 Å². The summed E-state index contributed by atoms with van der Waals surface area (Å²) in [6.07, 6.45) is 21.2. The van der Waals surface area contributed by atoms with Crippen LogP contribution in [0.1, 0.15) is 73.1 Å². The number of nitrogens with one attached hydrogen (secondary N) is 1. The number of rotatable bonds is 10. The lowest BCUT2D eigenvalue weighted by atomic mass is 9.68. The van der Waals surface area contributed by atoms with Gasteiger partial charge >= 0.3 is 0 Å². The molecule has 0 spiro atoms. The first-order chi connectivity index (χ1) is 35.6. The molecule has 0 saturated heterocycles. The SMILES string of the molecule is CC/C=C\C=C/c1ccc(C2CC(c3cc(-n4c5ccccc5c5cc(C6=CCCC=C6)ccc54)cc(-n4c5ccccc5c5cc(-c6ccccc6)ccc54)c3)C2)cc1.CNc1cccc2ccccc12. The van der Waals surface area contributed by atoms with Gasteiger partial charge in [0.1, 0.15) is 0 Å². The highest BCUT2D eigenvalue weighted by molar-refractivity contribution is 6.12. The van der Waals surface area contributed by atoms with Gasteiger partial charge in [0.15, 0.2) is 0 Å². The lowest BCUT2D eigenvalue weighted by molar-refractivity contribution is 0.351.